The minimum absolute atomic E-state index is 0.0321. The van der Waals surface area contributed by atoms with Crippen LogP contribution in [0.15, 0.2) is 28.8 Å². The molecular weight excluding hydrogens is 368 g/mol. The van der Waals surface area contributed by atoms with Crippen molar-refractivity contribution in [1.82, 2.24) is 20.4 Å². The number of hydrogen-bond acceptors (Lipinski definition) is 5. The summed E-state index contributed by atoms with van der Waals surface area (Å²) in [4.78, 5) is 31.4. The number of nitrogens with one attached hydrogen (secondary N) is 1. The van der Waals surface area contributed by atoms with Gasteiger partial charge < -0.3 is 14.7 Å². The minimum Gasteiger partial charge on any atom is -0.341 e. The maximum absolute atomic E-state index is 12.8. The third-order valence-electron chi connectivity index (χ3n) is 5.43. The lowest BCUT2D eigenvalue weighted by Gasteiger charge is -2.32. The van der Waals surface area contributed by atoms with Crippen LogP contribution in [0.1, 0.15) is 74.1 Å². The van der Waals surface area contributed by atoms with Crippen LogP contribution in [0.3, 0.4) is 0 Å². The third kappa shape index (κ3) is 5.02. The first-order valence-corrected chi connectivity index (χ1v) is 10.2. The van der Waals surface area contributed by atoms with Gasteiger partial charge in [-0.2, -0.15) is 4.98 Å². The average molecular weight is 399 g/mol. The Labute approximate surface area is 171 Å². The van der Waals surface area contributed by atoms with Crippen molar-refractivity contribution in [3.8, 4) is 0 Å². The molecule has 29 heavy (non-hydrogen) atoms. The number of piperidine rings is 1. The van der Waals surface area contributed by atoms with Crippen molar-refractivity contribution in [3.63, 3.8) is 0 Å². The van der Waals surface area contributed by atoms with E-state index in [1.807, 2.05) is 24.3 Å². The van der Waals surface area contributed by atoms with Crippen molar-refractivity contribution < 1.29 is 14.1 Å². The molecule has 3 rings (SSSR count). The molecule has 1 saturated heterocycles. The maximum atomic E-state index is 12.8. The first-order valence-electron chi connectivity index (χ1n) is 10.2. The fourth-order valence-electron chi connectivity index (χ4n) is 3.56. The molecule has 2 amide bonds. The smallest absolute Gasteiger partial charge is 0.251 e. The summed E-state index contributed by atoms with van der Waals surface area (Å²) in [5, 5.41) is 6.67. The lowest BCUT2D eigenvalue weighted by Crippen LogP contribution is -2.49. The highest BCUT2D eigenvalue weighted by Gasteiger charge is 2.30. The van der Waals surface area contributed by atoms with E-state index >= 15 is 0 Å². The molecule has 7 heteroatoms. The molecule has 0 saturated carbocycles. The molecular formula is C22H30N4O3. The fraction of sp³-hybridized carbons (Fsp3) is 0.545. The number of amides is 2. The normalized spacial score (nSPS) is 16.5. The maximum Gasteiger partial charge on any atom is 0.251 e. The van der Waals surface area contributed by atoms with Gasteiger partial charge in [-0.1, -0.05) is 38.1 Å². The van der Waals surface area contributed by atoms with Crippen LogP contribution in [0.2, 0.25) is 0 Å². The minimum atomic E-state index is -0.577. The van der Waals surface area contributed by atoms with Gasteiger partial charge in [0.05, 0.1) is 0 Å². The molecule has 2 aromatic rings. The van der Waals surface area contributed by atoms with Gasteiger partial charge in [0, 0.05) is 24.6 Å². The van der Waals surface area contributed by atoms with Gasteiger partial charge >= 0.3 is 0 Å². The molecule has 7 nitrogen and oxygen atoms in total. The van der Waals surface area contributed by atoms with E-state index < -0.39 is 6.04 Å². The zero-order chi connectivity index (χ0) is 21.2. The lowest BCUT2D eigenvalue weighted by molar-refractivity contribution is -0.134. The van der Waals surface area contributed by atoms with E-state index in [2.05, 4.69) is 36.2 Å². The number of hydrogen-bond donors (Lipinski definition) is 1. The van der Waals surface area contributed by atoms with Crippen molar-refractivity contribution in [1.29, 1.82) is 0 Å². The molecule has 1 aliphatic heterocycles. The number of aryl methyl sites for hydroxylation is 1. The van der Waals surface area contributed by atoms with Crippen LogP contribution in [0.25, 0.3) is 0 Å². The zero-order valence-electron chi connectivity index (χ0n) is 17.9. The average Bonchev–Trinajstić information content (AvgIpc) is 3.13. The SMILES string of the molecule is Cc1noc(C2CCN(C(=O)C(C)NC(=O)c3ccc(C(C)(C)C)cc3)CC2)n1. The van der Waals surface area contributed by atoms with Crippen LogP contribution < -0.4 is 5.32 Å². The van der Waals surface area contributed by atoms with Crippen LogP contribution in [-0.4, -0.2) is 46.0 Å². The number of benzene rings is 1. The van der Waals surface area contributed by atoms with Crippen LogP contribution in [0.4, 0.5) is 0 Å². The molecule has 0 bridgehead atoms. The molecule has 0 radical (unpaired) electrons. The molecule has 1 unspecified atom stereocenters. The second kappa shape index (κ2) is 8.35. The Balaban J connectivity index is 1.53. The van der Waals surface area contributed by atoms with Gasteiger partial charge in [-0.05, 0) is 49.8 Å². The second-order valence-corrected chi connectivity index (χ2v) is 8.80. The largest absolute Gasteiger partial charge is 0.341 e. The predicted octanol–water partition coefficient (Wildman–Crippen LogP) is 3.20. The number of carbonyl (C=O) groups is 2. The van der Waals surface area contributed by atoms with Crippen molar-refractivity contribution in [2.75, 3.05) is 13.1 Å². The number of carbonyl (C=O) groups excluding carboxylic acids is 2. The second-order valence-electron chi connectivity index (χ2n) is 8.80. The van der Waals surface area contributed by atoms with Gasteiger partial charge in [0.1, 0.15) is 6.04 Å². The number of likely N-dealkylation sites (tertiary alicyclic amines) is 1. The van der Waals surface area contributed by atoms with Crippen molar-refractivity contribution in [2.45, 2.75) is 64.8 Å². The summed E-state index contributed by atoms with van der Waals surface area (Å²) >= 11 is 0. The molecule has 1 aromatic heterocycles. The summed E-state index contributed by atoms with van der Waals surface area (Å²) in [5.41, 5.74) is 1.75. The molecule has 1 aliphatic rings. The van der Waals surface area contributed by atoms with Crippen molar-refractivity contribution in [3.05, 3.63) is 47.1 Å². The summed E-state index contributed by atoms with van der Waals surface area (Å²) in [6, 6.07) is 6.97. The Kier molecular flexibility index (Phi) is 6.05. The number of aromatic nitrogens is 2. The molecule has 1 N–H and O–H groups in total. The van der Waals surface area contributed by atoms with Gasteiger partial charge in [0.25, 0.3) is 5.91 Å². The summed E-state index contributed by atoms with van der Waals surface area (Å²) in [7, 11) is 0. The van der Waals surface area contributed by atoms with Gasteiger partial charge in [-0.15, -0.1) is 0 Å². The topological polar surface area (TPSA) is 88.3 Å². The first-order chi connectivity index (χ1) is 13.6. The number of nitrogens with zero attached hydrogens (tertiary/aromatic N) is 3. The molecule has 0 aliphatic carbocycles. The van der Waals surface area contributed by atoms with Crippen molar-refractivity contribution in [2.24, 2.45) is 0 Å². The Morgan fingerprint density at radius 3 is 2.31 bits per heavy atom. The van der Waals surface area contributed by atoms with Crippen LogP contribution >= 0.6 is 0 Å². The third-order valence-corrected chi connectivity index (χ3v) is 5.43. The Bertz CT molecular complexity index is 859. The Morgan fingerprint density at radius 2 is 1.79 bits per heavy atom. The quantitative estimate of drug-likeness (QED) is 0.854. The van der Waals surface area contributed by atoms with Crippen LogP contribution in [0, 0.1) is 6.92 Å². The summed E-state index contributed by atoms with van der Waals surface area (Å²) < 4.78 is 5.26. The zero-order valence-corrected chi connectivity index (χ0v) is 17.9. The fourth-order valence-corrected chi connectivity index (χ4v) is 3.56. The van der Waals surface area contributed by atoms with Crippen molar-refractivity contribution >= 4 is 11.8 Å². The summed E-state index contributed by atoms with van der Waals surface area (Å²) in [6.07, 6.45) is 1.56. The molecule has 0 spiro atoms. The first kappa shape index (κ1) is 21.0. The van der Waals surface area contributed by atoms with E-state index in [0.29, 0.717) is 30.4 Å². The highest BCUT2D eigenvalue weighted by molar-refractivity contribution is 5.97. The number of rotatable bonds is 4. The predicted molar refractivity (Wildman–Crippen MR) is 110 cm³/mol. The van der Waals surface area contributed by atoms with Gasteiger partial charge in [-0.25, -0.2) is 0 Å². The highest BCUT2D eigenvalue weighted by Crippen LogP contribution is 2.27. The summed E-state index contributed by atoms with van der Waals surface area (Å²) in [5.74, 6) is 1.17. The van der Waals surface area contributed by atoms with Gasteiger partial charge in [-0.3, -0.25) is 9.59 Å². The monoisotopic (exact) mass is 398 g/mol. The summed E-state index contributed by atoms with van der Waals surface area (Å²) in [6.45, 7) is 11.2. The highest BCUT2D eigenvalue weighted by atomic mass is 16.5. The molecule has 1 aromatic carbocycles. The Hall–Kier alpha value is -2.70. The van der Waals surface area contributed by atoms with E-state index in [1.54, 1.807) is 18.7 Å². The van der Waals surface area contributed by atoms with E-state index in [9.17, 15) is 9.59 Å². The van der Waals surface area contributed by atoms with Gasteiger partial charge in [0.2, 0.25) is 11.8 Å². The van der Waals surface area contributed by atoms with Crippen LogP contribution in [-0.2, 0) is 10.2 Å². The molecule has 1 atom stereocenters. The van der Waals surface area contributed by atoms with Crippen LogP contribution in [0.5, 0.6) is 0 Å². The van der Waals surface area contributed by atoms with Gasteiger partial charge in [0.15, 0.2) is 5.82 Å². The van der Waals surface area contributed by atoms with E-state index in [4.69, 9.17) is 4.52 Å². The van der Waals surface area contributed by atoms with E-state index in [1.165, 1.54) is 0 Å². The Morgan fingerprint density at radius 1 is 1.17 bits per heavy atom. The van der Waals surface area contributed by atoms with E-state index in [-0.39, 0.29) is 23.1 Å². The molecule has 156 valence electrons. The lowest BCUT2D eigenvalue weighted by atomic mass is 9.86. The van der Waals surface area contributed by atoms with E-state index in [0.717, 1.165) is 18.4 Å². The standard InChI is InChI=1S/C22H30N4O3/c1-14(23-19(27)16-6-8-18(9-7-16)22(3,4)5)21(28)26-12-10-17(11-13-26)20-24-15(2)25-29-20/h6-9,14,17H,10-13H2,1-5H3,(H,23,27). The molecule has 2 heterocycles. The molecule has 1 fully saturated rings.